The van der Waals surface area contributed by atoms with Gasteiger partial charge in [0.15, 0.2) is 0 Å². The molecule has 6 heteroatoms. The second kappa shape index (κ2) is 6.72. The van der Waals surface area contributed by atoms with Gasteiger partial charge >= 0.3 is 6.18 Å². The largest absolute Gasteiger partial charge is 0.416 e. The van der Waals surface area contributed by atoms with Crippen molar-refractivity contribution in [2.75, 3.05) is 0 Å². The van der Waals surface area contributed by atoms with Crippen molar-refractivity contribution in [2.24, 2.45) is 5.73 Å². The first-order valence-electron chi connectivity index (χ1n) is 6.07. The molecule has 0 saturated heterocycles. The number of unbranched alkanes of at least 4 members (excludes halogenated alkanes) is 1. The molecule has 0 bridgehead atoms. The van der Waals surface area contributed by atoms with Crippen LogP contribution in [-0.4, -0.2) is 11.2 Å². The Hall–Kier alpha value is -0.590. The lowest BCUT2D eigenvalue weighted by Crippen LogP contribution is -2.26. The highest BCUT2D eigenvalue weighted by molar-refractivity contribution is 9.10. The van der Waals surface area contributed by atoms with Crippen LogP contribution in [0, 0.1) is 0 Å². The molecule has 2 nitrogen and oxygen atoms in total. The van der Waals surface area contributed by atoms with Gasteiger partial charge in [-0.05, 0) is 30.2 Å². The van der Waals surface area contributed by atoms with E-state index in [9.17, 15) is 18.3 Å². The minimum Gasteiger partial charge on any atom is -0.391 e. The number of alkyl halides is 3. The molecule has 0 unspecified atom stereocenters. The maximum atomic E-state index is 12.7. The fourth-order valence-corrected chi connectivity index (χ4v) is 2.29. The highest BCUT2D eigenvalue weighted by atomic mass is 79.9. The van der Waals surface area contributed by atoms with Gasteiger partial charge in [-0.2, -0.15) is 13.2 Å². The Morgan fingerprint density at radius 2 is 1.95 bits per heavy atom. The van der Waals surface area contributed by atoms with E-state index in [2.05, 4.69) is 15.9 Å². The van der Waals surface area contributed by atoms with Crippen LogP contribution in [0.4, 0.5) is 13.2 Å². The van der Waals surface area contributed by atoms with Crippen LogP contribution in [0.15, 0.2) is 22.7 Å². The summed E-state index contributed by atoms with van der Waals surface area (Å²) in [6, 6.07) is 2.68. The van der Waals surface area contributed by atoms with E-state index in [1.807, 2.05) is 6.92 Å². The Morgan fingerprint density at radius 1 is 1.32 bits per heavy atom. The van der Waals surface area contributed by atoms with Gasteiger partial charge in [-0.1, -0.05) is 35.7 Å². The minimum atomic E-state index is -4.42. The molecule has 0 aromatic heterocycles. The van der Waals surface area contributed by atoms with E-state index < -0.39 is 23.9 Å². The zero-order chi connectivity index (χ0) is 14.6. The molecule has 0 fully saturated rings. The van der Waals surface area contributed by atoms with Gasteiger partial charge in [0.25, 0.3) is 0 Å². The first-order chi connectivity index (χ1) is 8.75. The summed E-state index contributed by atoms with van der Waals surface area (Å²) in [5.74, 6) is 0. The van der Waals surface area contributed by atoms with Gasteiger partial charge < -0.3 is 10.8 Å². The molecule has 0 spiro atoms. The van der Waals surface area contributed by atoms with Crippen molar-refractivity contribution in [2.45, 2.75) is 44.5 Å². The van der Waals surface area contributed by atoms with Crippen LogP contribution in [0.5, 0.6) is 0 Å². The lowest BCUT2D eigenvalue weighted by Gasteiger charge is -2.20. The average Bonchev–Trinajstić information content (AvgIpc) is 2.33. The van der Waals surface area contributed by atoms with Crippen LogP contribution in [-0.2, 0) is 6.18 Å². The predicted octanol–water partition coefficient (Wildman–Crippen LogP) is 4.02. The first-order valence-corrected chi connectivity index (χ1v) is 6.86. The van der Waals surface area contributed by atoms with E-state index in [1.165, 1.54) is 6.07 Å². The smallest absolute Gasteiger partial charge is 0.391 e. The third-order valence-electron chi connectivity index (χ3n) is 2.90. The summed E-state index contributed by atoms with van der Waals surface area (Å²) in [6.45, 7) is 1.97. The monoisotopic (exact) mass is 339 g/mol. The average molecular weight is 340 g/mol. The Balaban J connectivity index is 2.97. The van der Waals surface area contributed by atoms with Crippen molar-refractivity contribution >= 4 is 15.9 Å². The van der Waals surface area contributed by atoms with Crippen molar-refractivity contribution in [1.82, 2.24) is 0 Å². The van der Waals surface area contributed by atoms with Crippen molar-refractivity contribution < 1.29 is 18.3 Å². The molecule has 1 aromatic rings. The SMILES string of the molecule is CCCC[C@H](O)[C@H](N)c1cc(Br)cc(C(F)(F)F)c1. The highest BCUT2D eigenvalue weighted by Gasteiger charge is 2.32. The van der Waals surface area contributed by atoms with Gasteiger partial charge in [-0.25, -0.2) is 0 Å². The Bertz CT molecular complexity index is 423. The number of hydrogen-bond donors (Lipinski definition) is 2. The van der Waals surface area contributed by atoms with Gasteiger partial charge in [0, 0.05) is 4.47 Å². The zero-order valence-electron chi connectivity index (χ0n) is 10.5. The fourth-order valence-electron chi connectivity index (χ4n) is 1.78. The molecule has 0 aliphatic rings. The molecule has 0 aliphatic heterocycles. The number of halogens is 4. The fraction of sp³-hybridized carbons (Fsp3) is 0.538. The van der Waals surface area contributed by atoms with E-state index >= 15 is 0 Å². The maximum Gasteiger partial charge on any atom is 0.416 e. The number of aliphatic hydroxyl groups excluding tert-OH is 1. The van der Waals surface area contributed by atoms with Crippen molar-refractivity contribution in [3.63, 3.8) is 0 Å². The van der Waals surface area contributed by atoms with Crippen LogP contribution in [0.25, 0.3) is 0 Å². The number of rotatable bonds is 5. The lowest BCUT2D eigenvalue weighted by atomic mass is 9.97. The molecule has 108 valence electrons. The maximum absolute atomic E-state index is 12.7. The van der Waals surface area contributed by atoms with E-state index in [-0.39, 0.29) is 5.56 Å². The lowest BCUT2D eigenvalue weighted by molar-refractivity contribution is -0.137. The second-order valence-corrected chi connectivity index (χ2v) is 5.42. The van der Waals surface area contributed by atoms with Gasteiger partial charge in [-0.15, -0.1) is 0 Å². The summed E-state index contributed by atoms with van der Waals surface area (Å²) < 4.78 is 38.4. The second-order valence-electron chi connectivity index (χ2n) is 4.51. The number of nitrogens with two attached hydrogens (primary N) is 1. The molecule has 0 saturated carbocycles. The molecule has 0 amide bonds. The zero-order valence-corrected chi connectivity index (χ0v) is 12.1. The highest BCUT2D eigenvalue weighted by Crippen LogP contribution is 2.33. The summed E-state index contributed by atoms with van der Waals surface area (Å²) in [7, 11) is 0. The van der Waals surface area contributed by atoms with E-state index in [0.717, 1.165) is 25.0 Å². The molecule has 1 aromatic carbocycles. The van der Waals surface area contributed by atoms with Crippen LogP contribution in [0.3, 0.4) is 0 Å². The minimum absolute atomic E-state index is 0.283. The van der Waals surface area contributed by atoms with Crippen LogP contribution in [0.1, 0.15) is 43.4 Å². The van der Waals surface area contributed by atoms with Crippen LogP contribution in [0.2, 0.25) is 0 Å². The molecular formula is C13H17BrF3NO. The van der Waals surface area contributed by atoms with E-state index in [0.29, 0.717) is 10.9 Å². The Kier molecular flexibility index (Phi) is 5.82. The van der Waals surface area contributed by atoms with Gasteiger partial charge in [0.1, 0.15) is 0 Å². The molecule has 0 heterocycles. The number of aliphatic hydroxyl groups is 1. The standard InChI is InChI=1S/C13H17BrF3NO/c1-2-3-4-11(19)12(18)8-5-9(13(15,16)17)7-10(14)6-8/h5-7,11-12,19H,2-4,18H2,1H3/t11-,12+/m0/s1. The first kappa shape index (κ1) is 16.5. The quantitative estimate of drug-likeness (QED) is 0.851. The molecular weight excluding hydrogens is 323 g/mol. The molecule has 19 heavy (non-hydrogen) atoms. The Morgan fingerprint density at radius 3 is 2.47 bits per heavy atom. The number of benzene rings is 1. The molecule has 1 rings (SSSR count). The van der Waals surface area contributed by atoms with Gasteiger partial charge in [0.2, 0.25) is 0 Å². The summed E-state index contributed by atoms with van der Waals surface area (Å²) in [4.78, 5) is 0. The summed E-state index contributed by atoms with van der Waals surface area (Å²) >= 11 is 3.04. The summed E-state index contributed by atoms with van der Waals surface area (Å²) in [6.07, 6.45) is -3.10. The van der Waals surface area contributed by atoms with Crippen molar-refractivity contribution in [3.05, 3.63) is 33.8 Å². The number of hydrogen-bond acceptors (Lipinski definition) is 2. The van der Waals surface area contributed by atoms with E-state index in [1.54, 1.807) is 0 Å². The van der Waals surface area contributed by atoms with Crippen molar-refractivity contribution in [3.8, 4) is 0 Å². The van der Waals surface area contributed by atoms with Crippen molar-refractivity contribution in [1.29, 1.82) is 0 Å². The van der Waals surface area contributed by atoms with Gasteiger partial charge in [-0.3, -0.25) is 0 Å². The van der Waals surface area contributed by atoms with Crippen LogP contribution >= 0.6 is 15.9 Å². The predicted molar refractivity (Wildman–Crippen MR) is 71.6 cm³/mol. The third-order valence-corrected chi connectivity index (χ3v) is 3.36. The van der Waals surface area contributed by atoms with Crippen LogP contribution < -0.4 is 5.73 Å². The normalized spacial score (nSPS) is 15.3. The van der Waals surface area contributed by atoms with E-state index in [4.69, 9.17) is 5.73 Å². The molecule has 3 N–H and O–H groups in total. The molecule has 0 radical (unpaired) electrons. The Labute approximate surface area is 118 Å². The topological polar surface area (TPSA) is 46.2 Å². The van der Waals surface area contributed by atoms with Gasteiger partial charge in [0.05, 0.1) is 17.7 Å². The summed E-state index contributed by atoms with van der Waals surface area (Å²) in [5.41, 5.74) is 5.34. The molecule has 2 atom stereocenters. The summed E-state index contributed by atoms with van der Waals surface area (Å²) in [5, 5.41) is 9.87. The molecule has 0 aliphatic carbocycles. The third kappa shape index (κ3) is 4.78.